The summed E-state index contributed by atoms with van der Waals surface area (Å²) in [6.45, 7) is 0. The number of hydrogen-bond acceptors (Lipinski definition) is 6. The molecule has 0 aromatic heterocycles. The second-order valence-corrected chi connectivity index (χ2v) is 4.34. The second-order valence-electron chi connectivity index (χ2n) is 4.34. The second kappa shape index (κ2) is 6.05. The van der Waals surface area contributed by atoms with Crippen molar-refractivity contribution in [1.82, 2.24) is 0 Å². The predicted molar refractivity (Wildman–Crippen MR) is 76.4 cm³/mol. The number of carboxylic acid groups (broad SMARTS) is 1. The van der Waals surface area contributed by atoms with Gasteiger partial charge < -0.3 is 10.4 Å². The molecule has 23 heavy (non-hydrogen) atoms. The van der Waals surface area contributed by atoms with Gasteiger partial charge in [0.25, 0.3) is 5.69 Å². The number of aromatic carboxylic acids is 1. The lowest BCUT2D eigenvalue weighted by atomic mass is 10.2. The van der Waals surface area contributed by atoms with Crippen molar-refractivity contribution in [3.63, 3.8) is 0 Å². The molecule has 0 spiro atoms. The maximum atomic E-state index is 13.6. The molecular weight excluding hydrogens is 313 g/mol. The molecule has 0 amide bonds. The predicted octanol–water partition coefficient (Wildman–Crippen LogP) is 3.08. The minimum Gasteiger partial charge on any atom is -0.478 e. The summed E-state index contributed by atoms with van der Waals surface area (Å²) in [5.41, 5.74) is -1.73. The van der Waals surface area contributed by atoms with Crippen molar-refractivity contribution in [3.8, 4) is 0 Å². The van der Waals surface area contributed by atoms with Gasteiger partial charge in [-0.1, -0.05) is 0 Å². The number of anilines is 2. The smallest absolute Gasteiger partial charge is 0.335 e. The summed E-state index contributed by atoms with van der Waals surface area (Å²) in [5.74, 6) is -2.38. The van der Waals surface area contributed by atoms with Crippen LogP contribution in [0.4, 0.5) is 27.1 Å². The van der Waals surface area contributed by atoms with Crippen LogP contribution in [0.2, 0.25) is 0 Å². The van der Waals surface area contributed by atoms with E-state index in [1.54, 1.807) is 0 Å². The Morgan fingerprint density at radius 1 is 1.04 bits per heavy atom. The van der Waals surface area contributed by atoms with Gasteiger partial charge in [0.2, 0.25) is 5.82 Å². The number of carbonyl (C=O) groups is 1. The zero-order valence-electron chi connectivity index (χ0n) is 11.2. The Bertz CT molecular complexity index is 806. The molecule has 2 aromatic rings. The summed E-state index contributed by atoms with van der Waals surface area (Å²) in [4.78, 5) is 30.4. The highest BCUT2D eigenvalue weighted by Crippen LogP contribution is 2.33. The number of nitro groups is 2. The van der Waals surface area contributed by atoms with E-state index in [4.69, 9.17) is 5.11 Å². The van der Waals surface area contributed by atoms with E-state index in [1.165, 1.54) is 24.3 Å². The molecule has 0 saturated carbocycles. The minimum atomic E-state index is -1.23. The normalized spacial score (nSPS) is 10.1. The molecule has 10 heteroatoms. The van der Waals surface area contributed by atoms with E-state index in [2.05, 4.69) is 5.32 Å². The number of carboxylic acids is 1. The number of nitrogens with one attached hydrogen (secondary N) is 1. The first-order valence-electron chi connectivity index (χ1n) is 6.02. The summed E-state index contributed by atoms with van der Waals surface area (Å²) in [5, 5.41) is 32.9. The molecule has 0 unspecified atom stereocenters. The summed E-state index contributed by atoms with van der Waals surface area (Å²) in [6.07, 6.45) is 0. The van der Waals surface area contributed by atoms with E-state index in [0.29, 0.717) is 12.1 Å². The van der Waals surface area contributed by atoms with Gasteiger partial charge in [-0.25, -0.2) is 4.79 Å². The van der Waals surface area contributed by atoms with Crippen LogP contribution in [0.3, 0.4) is 0 Å². The quantitative estimate of drug-likeness (QED) is 0.637. The number of rotatable bonds is 5. The standard InChI is InChI=1S/C13H8FN3O6/c14-9-5-10(12(17(22)23)6-11(9)16(20)21)15-8-3-1-7(2-4-8)13(18)19/h1-6,15H,(H,18,19). The van der Waals surface area contributed by atoms with Crippen LogP contribution in [-0.2, 0) is 0 Å². The van der Waals surface area contributed by atoms with Crippen LogP contribution in [0.15, 0.2) is 36.4 Å². The monoisotopic (exact) mass is 321 g/mol. The van der Waals surface area contributed by atoms with E-state index in [9.17, 15) is 29.4 Å². The van der Waals surface area contributed by atoms with Crippen molar-refractivity contribution in [2.24, 2.45) is 0 Å². The molecule has 0 aliphatic heterocycles. The van der Waals surface area contributed by atoms with Crippen molar-refractivity contribution >= 4 is 28.7 Å². The van der Waals surface area contributed by atoms with E-state index in [-0.39, 0.29) is 16.9 Å². The van der Waals surface area contributed by atoms with Gasteiger partial charge in [-0.05, 0) is 24.3 Å². The van der Waals surface area contributed by atoms with Crippen molar-refractivity contribution < 1.29 is 24.1 Å². The van der Waals surface area contributed by atoms with Crippen LogP contribution >= 0.6 is 0 Å². The van der Waals surface area contributed by atoms with Crippen LogP contribution < -0.4 is 5.32 Å². The molecule has 2 rings (SSSR count). The molecule has 0 saturated heterocycles. The fourth-order valence-corrected chi connectivity index (χ4v) is 1.79. The number of nitrogens with zero attached hydrogens (tertiary/aromatic N) is 2. The number of hydrogen-bond donors (Lipinski definition) is 2. The highest BCUT2D eigenvalue weighted by Gasteiger charge is 2.24. The maximum Gasteiger partial charge on any atom is 0.335 e. The molecule has 0 fully saturated rings. The highest BCUT2D eigenvalue weighted by atomic mass is 19.1. The van der Waals surface area contributed by atoms with Crippen LogP contribution in [0, 0.1) is 26.0 Å². The number of halogens is 1. The van der Waals surface area contributed by atoms with Gasteiger partial charge in [0.15, 0.2) is 0 Å². The lowest BCUT2D eigenvalue weighted by Gasteiger charge is -2.08. The zero-order valence-corrected chi connectivity index (χ0v) is 11.2. The minimum absolute atomic E-state index is 0.0000650. The Labute approximate surface area is 127 Å². The first-order valence-corrected chi connectivity index (χ1v) is 6.02. The molecule has 0 aliphatic carbocycles. The number of nitro benzene ring substituents is 2. The van der Waals surface area contributed by atoms with Crippen molar-refractivity contribution in [3.05, 3.63) is 68.0 Å². The van der Waals surface area contributed by atoms with Crippen molar-refractivity contribution in [2.45, 2.75) is 0 Å². The molecule has 9 nitrogen and oxygen atoms in total. The van der Waals surface area contributed by atoms with E-state index in [0.717, 1.165) is 0 Å². The molecule has 2 N–H and O–H groups in total. The lowest BCUT2D eigenvalue weighted by molar-refractivity contribution is -0.395. The summed E-state index contributed by atoms with van der Waals surface area (Å²) >= 11 is 0. The van der Waals surface area contributed by atoms with E-state index >= 15 is 0 Å². The Kier molecular flexibility index (Phi) is 4.16. The molecule has 0 radical (unpaired) electrons. The van der Waals surface area contributed by atoms with E-state index < -0.39 is 33.0 Å². The fourth-order valence-electron chi connectivity index (χ4n) is 1.79. The van der Waals surface area contributed by atoms with Crippen LogP contribution in [0.25, 0.3) is 0 Å². The van der Waals surface area contributed by atoms with Crippen LogP contribution in [-0.4, -0.2) is 20.9 Å². The third-order valence-corrected chi connectivity index (χ3v) is 2.87. The highest BCUT2D eigenvalue weighted by molar-refractivity contribution is 5.88. The van der Waals surface area contributed by atoms with Crippen LogP contribution in [0.1, 0.15) is 10.4 Å². The summed E-state index contributed by atoms with van der Waals surface area (Å²) in [7, 11) is 0. The van der Waals surface area contributed by atoms with Gasteiger partial charge in [0.05, 0.1) is 21.5 Å². The fraction of sp³-hybridized carbons (Fsp3) is 0. The Hall–Kier alpha value is -3.56. The van der Waals surface area contributed by atoms with Gasteiger partial charge in [0, 0.05) is 11.8 Å². The van der Waals surface area contributed by atoms with Gasteiger partial charge in [0.1, 0.15) is 5.69 Å². The molecule has 0 aliphatic rings. The molecule has 0 bridgehead atoms. The zero-order chi connectivity index (χ0) is 17.1. The Morgan fingerprint density at radius 3 is 2.09 bits per heavy atom. The lowest BCUT2D eigenvalue weighted by Crippen LogP contribution is -2.02. The first-order chi connectivity index (χ1) is 10.8. The molecular formula is C13H8FN3O6. The molecule has 0 heterocycles. The average molecular weight is 321 g/mol. The molecule has 0 atom stereocenters. The van der Waals surface area contributed by atoms with Crippen molar-refractivity contribution in [2.75, 3.05) is 5.32 Å². The third kappa shape index (κ3) is 3.37. The summed E-state index contributed by atoms with van der Waals surface area (Å²) < 4.78 is 13.6. The topological polar surface area (TPSA) is 136 Å². The molecule has 118 valence electrons. The van der Waals surface area contributed by atoms with Crippen LogP contribution in [0.5, 0.6) is 0 Å². The Morgan fingerprint density at radius 2 is 1.61 bits per heavy atom. The van der Waals surface area contributed by atoms with Gasteiger partial charge in [-0.2, -0.15) is 4.39 Å². The first kappa shape index (κ1) is 15.8. The average Bonchev–Trinajstić information content (AvgIpc) is 2.47. The summed E-state index contributed by atoms with van der Waals surface area (Å²) in [6, 6.07) is 6.31. The van der Waals surface area contributed by atoms with Gasteiger partial charge in [-0.15, -0.1) is 0 Å². The van der Waals surface area contributed by atoms with E-state index in [1.807, 2.05) is 0 Å². The third-order valence-electron chi connectivity index (χ3n) is 2.87. The van der Waals surface area contributed by atoms with Crippen molar-refractivity contribution in [1.29, 1.82) is 0 Å². The molecule has 2 aromatic carbocycles. The Balaban J connectivity index is 2.42. The SMILES string of the molecule is O=C(O)c1ccc(Nc2cc(F)c([N+](=O)[O-])cc2[N+](=O)[O-])cc1. The van der Waals surface area contributed by atoms with Gasteiger partial charge in [-0.3, -0.25) is 20.2 Å². The maximum absolute atomic E-state index is 13.6. The largest absolute Gasteiger partial charge is 0.478 e. The number of benzene rings is 2. The van der Waals surface area contributed by atoms with Gasteiger partial charge >= 0.3 is 11.7 Å².